The van der Waals surface area contributed by atoms with Crippen molar-refractivity contribution in [1.82, 2.24) is 5.32 Å². The van der Waals surface area contributed by atoms with Gasteiger partial charge < -0.3 is 30.8 Å². The molecule has 4 rings (SSSR count). The molecular weight excluding hydrogens is 478 g/mol. The van der Waals surface area contributed by atoms with Gasteiger partial charge in [0.15, 0.2) is 0 Å². The van der Waals surface area contributed by atoms with Gasteiger partial charge in [0.05, 0.1) is 24.7 Å². The third-order valence-electron chi connectivity index (χ3n) is 11.4. The van der Waals surface area contributed by atoms with Crippen molar-refractivity contribution in [3.63, 3.8) is 0 Å². The molecule has 4 fully saturated rings. The minimum atomic E-state index is -1.45. The molecule has 0 heterocycles. The fraction of sp³-hybridized carbons (Fsp3) is 0.893. The van der Waals surface area contributed by atoms with E-state index in [1.165, 1.54) is 0 Å². The van der Waals surface area contributed by atoms with Crippen molar-refractivity contribution in [2.75, 3.05) is 0 Å². The van der Waals surface area contributed by atoms with Gasteiger partial charge in [0.2, 0.25) is 5.91 Å². The Hall–Kier alpha value is -1.71. The predicted molar refractivity (Wildman–Crippen MR) is 134 cm³/mol. The van der Waals surface area contributed by atoms with E-state index in [1.54, 1.807) is 0 Å². The Morgan fingerprint density at radius 2 is 1.68 bits per heavy atom. The minimum absolute atomic E-state index is 0.0177. The molecule has 37 heavy (non-hydrogen) atoms. The number of carbonyl (C=O) groups excluding carboxylic acids is 1. The highest BCUT2D eigenvalue weighted by molar-refractivity contribution is 5.86. The molecule has 9 heteroatoms. The number of aliphatic hydroxyl groups excluding tert-OH is 3. The van der Waals surface area contributed by atoms with Gasteiger partial charge >= 0.3 is 11.9 Å². The second-order valence-electron chi connectivity index (χ2n) is 13.1. The number of hydrogen-bond donors (Lipinski definition) is 6. The van der Waals surface area contributed by atoms with Gasteiger partial charge in [0.1, 0.15) is 6.04 Å². The largest absolute Gasteiger partial charge is 0.481 e. The van der Waals surface area contributed by atoms with Gasteiger partial charge in [-0.3, -0.25) is 9.59 Å². The topological polar surface area (TPSA) is 164 Å². The first-order valence-electron chi connectivity index (χ1n) is 14.1. The van der Waals surface area contributed by atoms with Gasteiger partial charge in [-0.1, -0.05) is 20.8 Å². The molecule has 0 aromatic carbocycles. The van der Waals surface area contributed by atoms with Crippen LogP contribution in [0.2, 0.25) is 0 Å². The summed E-state index contributed by atoms with van der Waals surface area (Å²) in [6, 6.07) is -1.45. The molecule has 0 aromatic rings. The lowest BCUT2D eigenvalue weighted by Crippen LogP contribution is -2.62. The molecule has 0 radical (unpaired) electrons. The molecule has 0 aromatic heterocycles. The number of amides is 1. The number of carbonyl (C=O) groups is 3. The highest BCUT2D eigenvalue weighted by Crippen LogP contribution is 2.68. The van der Waals surface area contributed by atoms with Crippen molar-refractivity contribution in [3.05, 3.63) is 0 Å². The fourth-order valence-electron chi connectivity index (χ4n) is 9.33. The predicted octanol–water partition coefficient (Wildman–Crippen LogP) is 2.41. The first-order chi connectivity index (χ1) is 17.3. The van der Waals surface area contributed by atoms with Crippen LogP contribution < -0.4 is 5.32 Å². The summed E-state index contributed by atoms with van der Waals surface area (Å²) in [4.78, 5) is 34.6. The number of nitrogens with one attached hydrogen (secondary N) is 1. The second-order valence-corrected chi connectivity index (χ2v) is 13.1. The summed E-state index contributed by atoms with van der Waals surface area (Å²) in [5.74, 6) is -2.06. The normalized spacial score (nSPS) is 44.6. The zero-order valence-corrected chi connectivity index (χ0v) is 22.3. The lowest BCUT2D eigenvalue weighted by molar-refractivity contribution is -0.207. The molecule has 0 aliphatic heterocycles. The van der Waals surface area contributed by atoms with E-state index in [0.717, 1.165) is 32.1 Å². The van der Waals surface area contributed by atoms with Crippen LogP contribution in [0.25, 0.3) is 0 Å². The molecule has 4 saturated carbocycles. The number of carboxylic acids is 2. The molecule has 0 saturated heterocycles. The number of aliphatic carboxylic acids is 2. The monoisotopic (exact) mass is 523 g/mol. The SMILES string of the molecule is C[C@H](CCC(=O)N[C@@H](CC(=O)O)C(=O)O)[C@H]1CC[C@H]2[C@@H]3[C@H](O)C[C@@H]4C[C@H](O)CC[C@]4(C)[C@H]3C[C@H](O)[C@]12C. The van der Waals surface area contributed by atoms with Crippen LogP contribution >= 0.6 is 0 Å². The van der Waals surface area contributed by atoms with E-state index < -0.39 is 42.5 Å². The Bertz CT molecular complexity index is 895. The zero-order chi connectivity index (χ0) is 27.3. The van der Waals surface area contributed by atoms with Crippen molar-refractivity contribution in [2.45, 2.75) is 109 Å². The van der Waals surface area contributed by atoms with Gasteiger partial charge in [-0.15, -0.1) is 0 Å². The smallest absolute Gasteiger partial charge is 0.326 e. The molecule has 6 N–H and O–H groups in total. The van der Waals surface area contributed by atoms with Crippen LogP contribution in [-0.4, -0.2) is 67.7 Å². The Balaban J connectivity index is 1.44. The number of aliphatic hydroxyl groups is 3. The first kappa shape index (κ1) is 28.3. The lowest BCUT2D eigenvalue weighted by atomic mass is 9.43. The molecule has 0 spiro atoms. The van der Waals surface area contributed by atoms with Crippen molar-refractivity contribution >= 4 is 17.8 Å². The van der Waals surface area contributed by atoms with Crippen LogP contribution in [0.5, 0.6) is 0 Å². The van der Waals surface area contributed by atoms with E-state index in [0.29, 0.717) is 19.3 Å². The maximum absolute atomic E-state index is 12.4. The highest BCUT2D eigenvalue weighted by Gasteiger charge is 2.65. The lowest BCUT2D eigenvalue weighted by Gasteiger charge is -2.63. The Labute approximate surface area is 219 Å². The van der Waals surface area contributed by atoms with Crippen LogP contribution in [0.15, 0.2) is 0 Å². The summed E-state index contributed by atoms with van der Waals surface area (Å²) in [5, 5.41) is 53.7. The Morgan fingerprint density at radius 3 is 2.32 bits per heavy atom. The molecule has 0 bridgehead atoms. The maximum Gasteiger partial charge on any atom is 0.326 e. The van der Waals surface area contributed by atoms with E-state index in [2.05, 4.69) is 26.1 Å². The van der Waals surface area contributed by atoms with E-state index in [1.807, 2.05) is 0 Å². The molecule has 0 unspecified atom stereocenters. The molecular formula is C28H45NO8. The second kappa shape index (κ2) is 10.5. The van der Waals surface area contributed by atoms with Crippen molar-refractivity contribution in [3.8, 4) is 0 Å². The third kappa shape index (κ3) is 5.03. The fourth-order valence-corrected chi connectivity index (χ4v) is 9.33. The summed E-state index contributed by atoms with van der Waals surface area (Å²) in [7, 11) is 0. The Morgan fingerprint density at radius 1 is 0.973 bits per heavy atom. The van der Waals surface area contributed by atoms with Crippen LogP contribution in [-0.2, 0) is 14.4 Å². The summed E-state index contributed by atoms with van der Waals surface area (Å²) < 4.78 is 0. The molecule has 12 atom stereocenters. The summed E-state index contributed by atoms with van der Waals surface area (Å²) in [5.41, 5.74) is -0.355. The highest BCUT2D eigenvalue weighted by atomic mass is 16.4. The average molecular weight is 524 g/mol. The zero-order valence-electron chi connectivity index (χ0n) is 22.3. The molecule has 210 valence electrons. The average Bonchev–Trinajstić information content (AvgIpc) is 3.17. The van der Waals surface area contributed by atoms with Crippen molar-refractivity contribution < 1.29 is 39.9 Å². The standard InChI is InChI=1S/C28H45NO8/c1-14(4-7-23(33)29-20(26(36)37)13-24(34)35)17-5-6-18-25-19(12-22(32)28(17,18)3)27(2)9-8-16(30)10-15(27)11-21(25)31/h14-22,25,30-32H,4-13H2,1-3H3,(H,29,33)(H,34,35)(H,36,37)/t14-,15+,16-,17-,18+,19+,20+,21-,22+,25+,27+,28-/m1/s1. The summed E-state index contributed by atoms with van der Waals surface area (Å²) >= 11 is 0. The third-order valence-corrected chi connectivity index (χ3v) is 11.4. The van der Waals surface area contributed by atoms with Gasteiger partial charge in [-0.2, -0.15) is 0 Å². The van der Waals surface area contributed by atoms with Crippen LogP contribution in [0.1, 0.15) is 85.0 Å². The number of carboxylic acid groups (broad SMARTS) is 2. The van der Waals surface area contributed by atoms with E-state index in [-0.39, 0.29) is 58.9 Å². The van der Waals surface area contributed by atoms with Crippen molar-refractivity contribution in [1.29, 1.82) is 0 Å². The summed E-state index contributed by atoms with van der Waals surface area (Å²) in [6.45, 7) is 6.55. The number of fused-ring (bicyclic) bond motifs is 5. The van der Waals surface area contributed by atoms with Crippen LogP contribution in [0.3, 0.4) is 0 Å². The van der Waals surface area contributed by atoms with E-state index in [9.17, 15) is 34.8 Å². The van der Waals surface area contributed by atoms with E-state index >= 15 is 0 Å². The molecule has 1 amide bonds. The first-order valence-corrected chi connectivity index (χ1v) is 14.1. The molecule has 4 aliphatic rings. The quantitative estimate of drug-likeness (QED) is 0.282. The van der Waals surface area contributed by atoms with Gasteiger partial charge in [0, 0.05) is 6.42 Å². The van der Waals surface area contributed by atoms with Gasteiger partial charge in [-0.25, -0.2) is 4.79 Å². The molecule has 4 aliphatic carbocycles. The maximum atomic E-state index is 12.4. The van der Waals surface area contributed by atoms with Crippen molar-refractivity contribution in [2.24, 2.45) is 46.3 Å². The number of rotatable bonds is 8. The van der Waals surface area contributed by atoms with Gasteiger partial charge in [0.25, 0.3) is 0 Å². The number of hydrogen-bond acceptors (Lipinski definition) is 6. The minimum Gasteiger partial charge on any atom is -0.481 e. The van der Waals surface area contributed by atoms with Crippen LogP contribution in [0.4, 0.5) is 0 Å². The Kier molecular flexibility index (Phi) is 8.00. The molecule has 9 nitrogen and oxygen atoms in total. The van der Waals surface area contributed by atoms with Crippen LogP contribution in [0, 0.1) is 46.3 Å². The summed E-state index contributed by atoms with van der Waals surface area (Å²) in [6.07, 6.45) is 4.31. The van der Waals surface area contributed by atoms with E-state index in [4.69, 9.17) is 5.11 Å². The van der Waals surface area contributed by atoms with Gasteiger partial charge in [-0.05, 0) is 97.7 Å².